The fraction of sp³-hybridized carbons (Fsp3) is 1.00. The summed E-state index contributed by atoms with van der Waals surface area (Å²) in [5, 5.41) is 3.54. The normalized spacial score (nSPS) is 24.5. The zero-order valence-corrected chi connectivity index (χ0v) is 12.6. The Morgan fingerprint density at radius 2 is 2.00 bits per heavy atom. The lowest BCUT2D eigenvalue weighted by Crippen LogP contribution is -2.53. The average Bonchev–Trinajstić information content (AvgIpc) is 2.27. The van der Waals surface area contributed by atoms with Crippen molar-refractivity contribution in [3.63, 3.8) is 0 Å². The van der Waals surface area contributed by atoms with E-state index in [-0.39, 0.29) is 0 Å². The lowest BCUT2D eigenvalue weighted by molar-refractivity contribution is 0.0582. The molecule has 1 aliphatic heterocycles. The van der Waals surface area contributed by atoms with Crippen LogP contribution < -0.4 is 5.32 Å². The first-order valence-electron chi connectivity index (χ1n) is 7.45. The summed E-state index contributed by atoms with van der Waals surface area (Å²) in [6.07, 6.45) is 6.59. The summed E-state index contributed by atoms with van der Waals surface area (Å²) in [4.78, 5) is 2.74. The Hall–Kier alpha value is -0.0800. The van der Waals surface area contributed by atoms with Gasteiger partial charge in [-0.3, -0.25) is 4.90 Å². The van der Waals surface area contributed by atoms with E-state index in [0.29, 0.717) is 11.5 Å². The van der Waals surface area contributed by atoms with Gasteiger partial charge < -0.3 is 5.32 Å². The monoisotopic (exact) mass is 240 g/mol. The summed E-state index contributed by atoms with van der Waals surface area (Å²) < 4.78 is 0. The number of likely N-dealkylation sites (tertiary alicyclic amines) is 1. The molecule has 0 spiro atoms. The molecule has 1 rings (SSSR count). The van der Waals surface area contributed by atoms with E-state index in [1.54, 1.807) is 0 Å². The maximum absolute atomic E-state index is 3.54. The summed E-state index contributed by atoms with van der Waals surface area (Å²) in [6.45, 7) is 12.0. The quantitative estimate of drug-likeness (QED) is 0.766. The number of piperidine rings is 1. The molecule has 2 nitrogen and oxygen atoms in total. The van der Waals surface area contributed by atoms with Crippen molar-refractivity contribution in [1.29, 1.82) is 0 Å². The lowest BCUT2D eigenvalue weighted by Gasteiger charge is -2.44. The Kier molecular flexibility index (Phi) is 5.94. The Balaban J connectivity index is 2.65. The molecule has 2 heteroatoms. The zero-order chi connectivity index (χ0) is 12.9. The van der Waals surface area contributed by atoms with Crippen molar-refractivity contribution in [1.82, 2.24) is 10.2 Å². The third-order valence-electron chi connectivity index (χ3n) is 4.25. The second-order valence-electron chi connectivity index (χ2n) is 6.40. The minimum Gasteiger partial charge on any atom is -0.315 e. The van der Waals surface area contributed by atoms with Gasteiger partial charge in [-0.05, 0) is 44.7 Å². The van der Waals surface area contributed by atoms with Crippen LogP contribution in [0.4, 0.5) is 0 Å². The second kappa shape index (κ2) is 6.75. The van der Waals surface area contributed by atoms with Crippen LogP contribution >= 0.6 is 0 Å². The van der Waals surface area contributed by atoms with Crippen LogP contribution in [-0.4, -0.2) is 37.1 Å². The first kappa shape index (κ1) is 15.0. The summed E-state index contributed by atoms with van der Waals surface area (Å²) in [5.41, 5.74) is 0.510. The standard InChI is InChI=1S/C15H32N2/c1-6-9-13(16-5)14(7-2)17-11-8-10-15(3,4)12-17/h13-14,16H,6-12H2,1-5H3. The third kappa shape index (κ3) is 4.26. The fourth-order valence-corrected chi connectivity index (χ4v) is 3.39. The highest BCUT2D eigenvalue weighted by atomic mass is 15.2. The van der Waals surface area contributed by atoms with Gasteiger partial charge in [-0.2, -0.15) is 0 Å². The first-order chi connectivity index (χ1) is 8.04. The average molecular weight is 240 g/mol. The van der Waals surface area contributed by atoms with Crippen LogP contribution in [0, 0.1) is 5.41 Å². The minimum atomic E-state index is 0.510. The molecule has 0 amide bonds. The highest BCUT2D eigenvalue weighted by Crippen LogP contribution is 2.31. The van der Waals surface area contributed by atoms with Crippen LogP contribution in [0.5, 0.6) is 0 Å². The molecule has 1 fully saturated rings. The zero-order valence-electron chi connectivity index (χ0n) is 12.6. The number of hydrogen-bond donors (Lipinski definition) is 1. The molecule has 0 aromatic carbocycles. The number of likely N-dealkylation sites (N-methyl/N-ethyl adjacent to an activating group) is 1. The molecule has 0 radical (unpaired) electrons. The molecule has 1 aliphatic rings. The first-order valence-corrected chi connectivity index (χ1v) is 7.45. The number of nitrogens with one attached hydrogen (secondary N) is 1. The topological polar surface area (TPSA) is 15.3 Å². The van der Waals surface area contributed by atoms with Crippen molar-refractivity contribution >= 4 is 0 Å². The van der Waals surface area contributed by atoms with Gasteiger partial charge in [0.2, 0.25) is 0 Å². The van der Waals surface area contributed by atoms with Gasteiger partial charge >= 0.3 is 0 Å². The van der Waals surface area contributed by atoms with E-state index in [2.05, 4.69) is 45.0 Å². The van der Waals surface area contributed by atoms with Gasteiger partial charge in [0, 0.05) is 18.6 Å². The molecule has 2 atom stereocenters. The molecular weight excluding hydrogens is 208 g/mol. The predicted octanol–water partition coefficient (Wildman–Crippen LogP) is 3.28. The van der Waals surface area contributed by atoms with Gasteiger partial charge in [0.15, 0.2) is 0 Å². The van der Waals surface area contributed by atoms with E-state index < -0.39 is 0 Å². The molecule has 0 bridgehead atoms. The van der Waals surface area contributed by atoms with Gasteiger partial charge in [-0.15, -0.1) is 0 Å². The summed E-state index contributed by atoms with van der Waals surface area (Å²) in [7, 11) is 2.12. The predicted molar refractivity (Wildman–Crippen MR) is 76.4 cm³/mol. The van der Waals surface area contributed by atoms with E-state index >= 15 is 0 Å². The van der Waals surface area contributed by atoms with Crippen molar-refractivity contribution in [3.8, 4) is 0 Å². The molecule has 0 aromatic rings. The van der Waals surface area contributed by atoms with Gasteiger partial charge in [0.05, 0.1) is 0 Å². The Morgan fingerprint density at radius 3 is 2.47 bits per heavy atom. The summed E-state index contributed by atoms with van der Waals surface area (Å²) in [6, 6.07) is 1.39. The molecule has 17 heavy (non-hydrogen) atoms. The molecule has 0 saturated carbocycles. The van der Waals surface area contributed by atoms with E-state index in [1.165, 1.54) is 45.2 Å². The van der Waals surface area contributed by atoms with Crippen LogP contribution in [0.1, 0.15) is 59.8 Å². The molecule has 1 heterocycles. The van der Waals surface area contributed by atoms with E-state index in [4.69, 9.17) is 0 Å². The van der Waals surface area contributed by atoms with Crippen molar-refractivity contribution in [2.24, 2.45) is 5.41 Å². The molecule has 1 N–H and O–H groups in total. The lowest BCUT2D eigenvalue weighted by atomic mass is 9.82. The maximum atomic E-state index is 3.54. The van der Waals surface area contributed by atoms with Gasteiger partial charge in [-0.1, -0.05) is 34.1 Å². The van der Waals surface area contributed by atoms with Crippen LogP contribution in [0.25, 0.3) is 0 Å². The van der Waals surface area contributed by atoms with Crippen molar-refractivity contribution in [2.45, 2.75) is 71.9 Å². The Bertz CT molecular complexity index is 213. The van der Waals surface area contributed by atoms with E-state index in [1.807, 2.05) is 0 Å². The second-order valence-corrected chi connectivity index (χ2v) is 6.40. The third-order valence-corrected chi connectivity index (χ3v) is 4.25. The van der Waals surface area contributed by atoms with Crippen LogP contribution in [0.15, 0.2) is 0 Å². The van der Waals surface area contributed by atoms with Gasteiger partial charge in [-0.25, -0.2) is 0 Å². The largest absolute Gasteiger partial charge is 0.315 e. The summed E-state index contributed by atoms with van der Waals surface area (Å²) in [5.74, 6) is 0. The highest BCUT2D eigenvalue weighted by Gasteiger charge is 2.32. The maximum Gasteiger partial charge on any atom is 0.0246 e. The minimum absolute atomic E-state index is 0.510. The highest BCUT2D eigenvalue weighted by molar-refractivity contribution is 4.88. The van der Waals surface area contributed by atoms with E-state index in [9.17, 15) is 0 Å². The Labute approximate surface area is 108 Å². The number of hydrogen-bond acceptors (Lipinski definition) is 2. The van der Waals surface area contributed by atoms with Gasteiger partial charge in [0.25, 0.3) is 0 Å². The molecule has 1 saturated heterocycles. The molecule has 0 aliphatic carbocycles. The Morgan fingerprint density at radius 1 is 1.29 bits per heavy atom. The number of nitrogens with zero attached hydrogens (tertiary/aromatic N) is 1. The van der Waals surface area contributed by atoms with Crippen LogP contribution in [0.3, 0.4) is 0 Å². The molecule has 102 valence electrons. The fourth-order valence-electron chi connectivity index (χ4n) is 3.39. The summed E-state index contributed by atoms with van der Waals surface area (Å²) >= 11 is 0. The molecular formula is C15H32N2. The van der Waals surface area contributed by atoms with Crippen LogP contribution in [0.2, 0.25) is 0 Å². The number of rotatable bonds is 6. The smallest absolute Gasteiger partial charge is 0.0246 e. The van der Waals surface area contributed by atoms with Crippen molar-refractivity contribution in [3.05, 3.63) is 0 Å². The van der Waals surface area contributed by atoms with Gasteiger partial charge in [0.1, 0.15) is 0 Å². The van der Waals surface area contributed by atoms with Crippen molar-refractivity contribution in [2.75, 3.05) is 20.1 Å². The van der Waals surface area contributed by atoms with Crippen LogP contribution in [-0.2, 0) is 0 Å². The molecule has 0 aromatic heterocycles. The van der Waals surface area contributed by atoms with E-state index in [0.717, 1.165) is 6.04 Å². The molecule has 2 unspecified atom stereocenters. The SMILES string of the molecule is CCCC(NC)C(CC)N1CCCC(C)(C)C1. The van der Waals surface area contributed by atoms with Crippen molar-refractivity contribution < 1.29 is 0 Å².